The lowest BCUT2D eigenvalue weighted by atomic mass is 9.89. The van der Waals surface area contributed by atoms with Gasteiger partial charge in [0.2, 0.25) is 17.7 Å². The third-order valence-corrected chi connectivity index (χ3v) is 5.26. The van der Waals surface area contributed by atoms with Crippen LogP contribution >= 0.6 is 0 Å². The van der Waals surface area contributed by atoms with E-state index in [1.54, 1.807) is 6.07 Å². The van der Waals surface area contributed by atoms with E-state index < -0.39 is 6.61 Å². The van der Waals surface area contributed by atoms with Crippen LogP contribution in [-0.4, -0.2) is 52.7 Å². The minimum absolute atomic E-state index is 0.0214. The topological polar surface area (TPSA) is 102 Å². The van der Waals surface area contributed by atoms with Gasteiger partial charge < -0.3 is 25.0 Å². The van der Waals surface area contributed by atoms with Gasteiger partial charge in [0.25, 0.3) is 0 Å². The second-order valence-corrected chi connectivity index (χ2v) is 7.37. The zero-order valence-corrected chi connectivity index (χ0v) is 16.7. The first-order chi connectivity index (χ1) is 14.3. The Kier molecular flexibility index (Phi) is 5.27. The van der Waals surface area contributed by atoms with Crippen molar-refractivity contribution in [1.29, 1.82) is 0 Å². The number of alkyl halides is 2. The normalized spacial score (nSPS) is 22.8. The maximum absolute atomic E-state index is 12.2. The van der Waals surface area contributed by atoms with Crippen LogP contribution in [0.1, 0.15) is 25.5 Å². The van der Waals surface area contributed by atoms with Gasteiger partial charge in [0.1, 0.15) is 23.6 Å². The Morgan fingerprint density at radius 2 is 2.07 bits per heavy atom. The van der Waals surface area contributed by atoms with Crippen molar-refractivity contribution in [3.8, 4) is 11.6 Å². The molecule has 9 nitrogen and oxygen atoms in total. The number of likely N-dealkylation sites (N-methyl/N-ethyl adjacent to an activating group) is 1. The van der Waals surface area contributed by atoms with Gasteiger partial charge in [-0.15, -0.1) is 0 Å². The summed E-state index contributed by atoms with van der Waals surface area (Å²) in [5.41, 5.74) is 1.33. The van der Waals surface area contributed by atoms with Gasteiger partial charge in [0, 0.05) is 32.0 Å². The molecule has 1 amide bonds. The predicted octanol–water partition coefficient (Wildman–Crippen LogP) is 2.58. The van der Waals surface area contributed by atoms with Crippen molar-refractivity contribution in [3.63, 3.8) is 0 Å². The van der Waals surface area contributed by atoms with Gasteiger partial charge in [0.05, 0.1) is 11.9 Å². The number of carbonyl (C=O) groups excluding carboxylic acids is 1. The van der Waals surface area contributed by atoms with Crippen LogP contribution in [0.25, 0.3) is 0 Å². The number of anilines is 3. The number of nitrogens with zero attached hydrogens (tertiary/aromatic N) is 4. The first-order valence-electron chi connectivity index (χ1n) is 9.56. The first kappa shape index (κ1) is 20.0. The number of pyridine rings is 1. The lowest BCUT2D eigenvalue weighted by Crippen LogP contribution is -2.45. The highest BCUT2D eigenvalue weighted by Crippen LogP contribution is 2.33. The molecule has 0 saturated heterocycles. The summed E-state index contributed by atoms with van der Waals surface area (Å²) in [6.45, 7) is 0.741. The van der Waals surface area contributed by atoms with E-state index in [1.165, 1.54) is 12.3 Å². The molecule has 2 N–H and O–H groups in total. The number of hydrogen-bond acceptors (Lipinski definition) is 8. The molecular formula is C19H22F2N6O3. The van der Waals surface area contributed by atoms with Gasteiger partial charge in [-0.3, -0.25) is 4.79 Å². The lowest BCUT2D eigenvalue weighted by molar-refractivity contribution is -0.117. The van der Waals surface area contributed by atoms with Crippen LogP contribution in [0.2, 0.25) is 0 Å². The van der Waals surface area contributed by atoms with E-state index >= 15 is 0 Å². The van der Waals surface area contributed by atoms with E-state index in [4.69, 9.17) is 4.74 Å². The number of halogens is 2. The summed E-state index contributed by atoms with van der Waals surface area (Å²) in [6.07, 6.45) is 2.81. The van der Waals surface area contributed by atoms with Crippen molar-refractivity contribution >= 4 is 23.4 Å². The van der Waals surface area contributed by atoms with Crippen LogP contribution in [-0.2, 0) is 4.79 Å². The maximum atomic E-state index is 12.2. The Hall–Kier alpha value is -3.24. The van der Waals surface area contributed by atoms with Crippen molar-refractivity contribution < 1.29 is 23.0 Å². The van der Waals surface area contributed by atoms with Crippen molar-refractivity contribution in [2.45, 2.75) is 51.5 Å². The third-order valence-electron chi connectivity index (χ3n) is 5.26. The van der Waals surface area contributed by atoms with E-state index in [-0.39, 0.29) is 30.0 Å². The highest BCUT2D eigenvalue weighted by Gasteiger charge is 2.33. The Labute approximate surface area is 171 Å². The number of aromatic nitrogens is 3. The highest BCUT2D eigenvalue weighted by molar-refractivity contribution is 6.03. The molecule has 11 heteroatoms. The molecule has 0 radical (unpaired) electrons. The molecular weight excluding hydrogens is 398 g/mol. The molecule has 4 rings (SSSR count). The number of nitrogens with one attached hydrogen (secondary N) is 2. The van der Waals surface area contributed by atoms with Crippen LogP contribution in [0, 0.1) is 6.92 Å². The number of fused-ring (bicyclic) bond motifs is 1. The number of carbonyl (C=O) groups is 1. The number of amides is 1. The standard InChI is InChI=1S/C19H22F2N6O3/c1-9-15-16(27(3)10(2)17(28)25-15)26-19(23-9)24-11-6-13(7-11)29-12-4-5-14(22-8-12)30-18(20)21/h4-5,8,10-11,13,18H,6-7H2,1-3H3,(H,25,28)(H,23,24,26)/t10-,11-,13-/m0/s1. The van der Waals surface area contributed by atoms with Gasteiger partial charge in [-0.1, -0.05) is 0 Å². The van der Waals surface area contributed by atoms with Crippen molar-refractivity contribution in [2.75, 3.05) is 22.6 Å². The van der Waals surface area contributed by atoms with Crippen molar-refractivity contribution in [3.05, 3.63) is 24.0 Å². The van der Waals surface area contributed by atoms with E-state index in [0.717, 1.165) is 12.8 Å². The monoisotopic (exact) mass is 420 g/mol. The van der Waals surface area contributed by atoms with E-state index in [2.05, 4.69) is 30.3 Å². The Bertz CT molecular complexity index is 937. The van der Waals surface area contributed by atoms with Crippen molar-refractivity contribution in [1.82, 2.24) is 15.0 Å². The fraction of sp³-hybridized carbons (Fsp3) is 0.474. The molecule has 2 aromatic rings. The summed E-state index contributed by atoms with van der Waals surface area (Å²) in [7, 11) is 1.83. The first-order valence-corrected chi connectivity index (χ1v) is 9.56. The van der Waals surface area contributed by atoms with Crippen molar-refractivity contribution in [2.24, 2.45) is 0 Å². The zero-order valence-electron chi connectivity index (χ0n) is 16.7. The fourth-order valence-corrected chi connectivity index (χ4v) is 3.36. The minimum Gasteiger partial charge on any atom is -0.489 e. The lowest BCUT2D eigenvalue weighted by Gasteiger charge is -2.36. The molecule has 160 valence electrons. The van der Waals surface area contributed by atoms with Crippen LogP contribution in [0.4, 0.5) is 26.2 Å². The van der Waals surface area contributed by atoms with Gasteiger partial charge in [0.15, 0.2) is 5.82 Å². The van der Waals surface area contributed by atoms with Gasteiger partial charge in [-0.05, 0) is 19.9 Å². The average molecular weight is 420 g/mol. The number of ether oxygens (including phenoxy) is 2. The van der Waals surface area contributed by atoms with Crippen LogP contribution < -0.4 is 25.0 Å². The molecule has 3 heterocycles. The summed E-state index contributed by atoms with van der Waals surface area (Å²) in [5, 5.41) is 6.16. The van der Waals surface area contributed by atoms with Crippen LogP contribution in [0.15, 0.2) is 18.3 Å². The Morgan fingerprint density at radius 1 is 1.30 bits per heavy atom. The second-order valence-electron chi connectivity index (χ2n) is 7.37. The molecule has 1 atom stereocenters. The molecule has 0 unspecified atom stereocenters. The molecule has 1 aliphatic carbocycles. The molecule has 1 fully saturated rings. The maximum Gasteiger partial charge on any atom is 0.388 e. The second kappa shape index (κ2) is 7.88. The molecule has 0 spiro atoms. The van der Waals surface area contributed by atoms with Gasteiger partial charge >= 0.3 is 6.61 Å². The van der Waals surface area contributed by atoms with E-state index in [9.17, 15) is 13.6 Å². The molecule has 30 heavy (non-hydrogen) atoms. The third kappa shape index (κ3) is 4.05. The molecule has 1 aliphatic heterocycles. The summed E-state index contributed by atoms with van der Waals surface area (Å²) in [4.78, 5) is 26.6. The van der Waals surface area contributed by atoms with Crippen LogP contribution in [0.3, 0.4) is 0 Å². The SMILES string of the molecule is Cc1nc(N[C@H]2C[C@H](Oc3ccc(OC(F)F)nc3)C2)nc2c1NC(=O)[C@H](C)N2C. The molecule has 1 saturated carbocycles. The number of rotatable bonds is 6. The van der Waals surface area contributed by atoms with Gasteiger partial charge in [-0.2, -0.15) is 13.8 Å². The average Bonchev–Trinajstić information content (AvgIpc) is 2.66. The quantitative estimate of drug-likeness (QED) is 0.735. The summed E-state index contributed by atoms with van der Waals surface area (Å²) in [5.74, 6) is 1.44. The highest BCUT2D eigenvalue weighted by atomic mass is 19.3. The number of hydrogen-bond donors (Lipinski definition) is 2. The van der Waals surface area contributed by atoms with E-state index in [0.29, 0.717) is 28.9 Å². The largest absolute Gasteiger partial charge is 0.489 e. The minimum atomic E-state index is -2.91. The van der Waals surface area contributed by atoms with E-state index in [1.807, 2.05) is 25.8 Å². The van der Waals surface area contributed by atoms with Crippen LogP contribution in [0.5, 0.6) is 11.6 Å². The summed E-state index contributed by atoms with van der Waals surface area (Å²) in [6, 6.07) is 2.72. The molecule has 0 aromatic carbocycles. The smallest absolute Gasteiger partial charge is 0.388 e. The molecule has 2 aliphatic rings. The molecule has 0 bridgehead atoms. The summed E-state index contributed by atoms with van der Waals surface area (Å²) < 4.78 is 34.3. The predicted molar refractivity (Wildman–Crippen MR) is 105 cm³/mol. The summed E-state index contributed by atoms with van der Waals surface area (Å²) >= 11 is 0. The van der Waals surface area contributed by atoms with Gasteiger partial charge in [-0.25, -0.2) is 9.97 Å². The number of aryl methyl sites for hydroxylation is 1. The molecule has 2 aromatic heterocycles. The fourth-order valence-electron chi connectivity index (χ4n) is 3.36. The Balaban J connectivity index is 1.33. The zero-order chi connectivity index (χ0) is 21.4. The Morgan fingerprint density at radius 3 is 2.73 bits per heavy atom.